The lowest BCUT2D eigenvalue weighted by Crippen LogP contribution is -2.49. The largest absolute Gasteiger partial charge is 0.465 e. The van der Waals surface area contributed by atoms with Crippen molar-refractivity contribution < 1.29 is 18.3 Å². The van der Waals surface area contributed by atoms with Crippen molar-refractivity contribution in [2.24, 2.45) is 0 Å². The lowest BCUT2D eigenvalue weighted by molar-refractivity contribution is -0.149. The van der Waals surface area contributed by atoms with Crippen molar-refractivity contribution in [3.63, 3.8) is 0 Å². The summed E-state index contributed by atoms with van der Waals surface area (Å²) in [5, 5.41) is 4.16. The Hall–Kier alpha value is -2.13. The highest BCUT2D eigenvalue weighted by Gasteiger charge is 2.31. The number of nitrogens with zero attached hydrogens (tertiary/aromatic N) is 3. The Morgan fingerprint density at radius 1 is 1.44 bits per heavy atom. The Balaban J connectivity index is 1.78. The number of aromatic nitrogens is 2. The summed E-state index contributed by atoms with van der Waals surface area (Å²) in [5.41, 5.74) is 0.508. The number of hydrogen-bond acceptors (Lipinski definition) is 7. The Labute approximate surface area is 147 Å². The zero-order valence-corrected chi connectivity index (χ0v) is 14.5. The van der Waals surface area contributed by atoms with Crippen molar-refractivity contribution in [2.45, 2.75) is 19.6 Å². The Kier molecular flexibility index (Phi) is 5.54. The van der Waals surface area contributed by atoms with Crippen LogP contribution in [0.25, 0.3) is 11.5 Å². The summed E-state index contributed by atoms with van der Waals surface area (Å²) in [5.74, 6) is 0.270. The van der Waals surface area contributed by atoms with Gasteiger partial charge in [0.05, 0.1) is 6.61 Å². The van der Waals surface area contributed by atoms with E-state index in [2.05, 4.69) is 5.10 Å². The molecule has 1 aliphatic heterocycles. The molecule has 25 heavy (non-hydrogen) atoms. The van der Waals surface area contributed by atoms with Gasteiger partial charge in [0.15, 0.2) is 0 Å². The second kappa shape index (κ2) is 7.83. The maximum Gasteiger partial charge on any atom is 0.438 e. The van der Waals surface area contributed by atoms with Crippen molar-refractivity contribution in [3.05, 3.63) is 40.6 Å². The Morgan fingerprint density at radius 2 is 2.20 bits per heavy atom. The van der Waals surface area contributed by atoms with Crippen LogP contribution in [0.5, 0.6) is 0 Å². The van der Waals surface area contributed by atoms with Crippen LogP contribution in [0.15, 0.2) is 33.5 Å². The second-order valence-electron chi connectivity index (χ2n) is 5.48. The summed E-state index contributed by atoms with van der Waals surface area (Å²) in [6.07, 6.45) is 0. The fourth-order valence-electron chi connectivity index (χ4n) is 2.54. The first-order valence-electron chi connectivity index (χ1n) is 7.91. The van der Waals surface area contributed by atoms with Gasteiger partial charge >= 0.3 is 11.7 Å². The van der Waals surface area contributed by atoms with E-state index < -0.39 is 11.8 Å². The van der Waals surface area contributed by atoms with Gasteiger partial charge in [0.25, 0.3) is 0 Å². The molecular weight excluding hydrogens is 349 g/mol. The monoisotopic (exact) mass is 367 g/mol. The van der Waals surface area contributed by atoms with Crippen molar-refractivity contribution >= 4 is 17.7 Å². The number of halogens is 1. The summed E-state index contributed by atoms with van der Waals surface area (Å²) in [6.45, 7) is 2.84. The molecule has 1 unspecified atom stereocenters. The standard InChI is InChI=1S/C16H18FN3O4S/c1-2-23-15(21)13-9-25-8-7-19(13)10-20-16(22)24-14(18-20)11-3-5-12(17)6-4-11/h3-6,13H,2,7-10H2,1H3. The Morgan fingerprint density at radius 3 is 2.92 bits per heavy atom. The molecule has 0 amide bonds. The SMILES string of the molecule is CCOC(=O)C1CSCCN1Cn1nc(-c2ccc(F)cc2)oc1=O. The van der Waals surface area contributed by atoms with Crippen molar-refractivity contribution in [1.82, 2.24) is 14.7 Å². The number of rotatable bonds is 5. The molecule has 2 heterocycles. The van der Waals surface area contributed by atoms with E-state index in [-0.39, 0.29) is 24.3 Å². The van der Waals surface area contributed by atoms with Gasteiger partial charge in [0.2, 0.25) is 5.89 Å². The van der Waals surface area contributed by atoms with Crippen LogP contribution in [0.2, 0.25) is 0 Å². The highest BCUT2D eigenvalue weighted by Crippen LogP contribution is 2.19. The molecule has 1 saturated heterocycles. The number of ether oxygens (including phenoxy) is 1. The van der Waals surface area contributed by atoms with E-state index >= 15 is 0 Å². The van der Waals surface area contributed by atoms with E-state index in [4.69, 9.17) is 9.15 Å². The van der Waals surface area contributed by atoms with Crippen LogP contribution in [0.1, 0.15) is 6.92 Å². The minimum Gasteiger partial charge on any atom is -0.465 e. The molecule has 0 radical (unpaired) electrons. The molecule has 1 aromatic heterocycles. The predicted octanol–water partition coefficient (Wildman–Crippen LogP) is 1.58. The molecular formula is C16H18FN3O4S. The first-order chi connectivity index (χ1) is 12.1. The van der Waals surface area contributed by atoms with Crippen LogP contribution in [-0.2, 0) is 16.2 Å². The Bertz CT molecular complexity index is 789. The van der Waals surface area contributed by atoms with Crippen molar-refractivity contribution in [3.8, 4) is 11.5 Å². The number of thioether (sulfide) groups is 1. The lowest BCUT2D eigenvalue weighted by atomic mass is 10.2. The maximum absolute atomic E-state index is 13.0. The van der Waals surface area contributed by atoms with Gasteiger partial charge in [-0.3, -0.25) is 9.69 Å². The molecule has 7 nitrogen and oxygen atoms in total. The molecule has 1 atom stereocenters. The van der Waals surface area contributed by atoms with Crippen LogP contribution < -0.4 is 5.76 Å². The van der Waals surface area contributed by atoms with Crippen LogP contribution >= 0.6 is 11.8 Å². The molecule has 1 aliphatic rings. The van der Waals surface area contributed by atoms with Gasteiger partial charge in [-0.15, -0.1) is 5.10 Å². The summed E-state index contributed by atoms with van der Waals surface area (Å²) in [6, 6.07) is 5.10. The smallest absolute Gasteiger partial charge is 0.438 e. The van der Waals surface area contributed by atoms with Crippen LogP contribution in [-0.4, -0.2) is 51.3 Å². The second-order valence-corrected chi connectivity index (χ2v) is 6.63. The molecule has 0 saturated carbocycles. The average Bonchev–Trinajstić information content (AvgIpc) is 2.97. The first kappa shape index (κ1) is 17.7. The molecule has 1 fully saturated rings. The van der Waals surface area contributed by atoms with Gasteiger partial charge in [-0.1, -0.05) is 0 Å². The number of carbonyl (C=O) groups is 1. The molecule has 0 N–H and O–H groups in total. The average molecular weight is 367 g/mol. The molecule has 0 bridgehead atoms. The third-order valence-corrected chi connectivity index (χ3v) is 4.83. The summed E-state index contributed by atoms with van der Waals surface area (Å²) >= 11 is 1.67. The quantitative estimate of drug-likeness (QED) is 0.743. The summed E-state index contributed by atoms with van der Waals surface area (Å²) in [7, 11) is 0. The highest BCUT2D eigenvalue weighted by atomic mass is 32.2. The van der Waals surface area contributed by atoms with E-state index in [0.717, 1.165) is 5.75 Å². The number of esters is 1. The molecule has 134 valence electrons. The molecule has 0 aliphatic carbocycles. The van der Waals surface area contributed by atoms with E-state index in [1.54, 1.807) is 18.7 Å². The fourth-order valence-corrected chi connectivity index (χ4v) is 3.64. The predicted molar refractivity (Wildman–Crippen MR) is 90.6 cm³/mol. The van der Waals surface area contributed by atoms with Gasteiger partial charge in [-0.25, -0.2) is 9.18 Å². The minimum atomic E-state index is -0.625. The van der Waals surface area contributed by atoms with Crippen molar-refractivity contribution in [2.75, 3.05) is 24.7 Å². The van der Waals surface area contributed by atoms with Gasteiger partial charge in [0.1, 0.15) is 18.5 Å². The third kappa shape index (κ3) is 4.10. The normalized spacial score (nSPS) is 18.2. The topological polar surface area (TPSA) is 77.6 Å². The van der Waals surface area contributed by atoms with E-state index in [0.29, 0.717) is 24.5 Å². The van der Waals surface area contributed by atoms with E-state index in [1.165, 1.54) is 28.9 Å². The summed E-state index contributed by atoms with van der Waals surface area (Å²) < 4.78 is 24.4. The molecule has 2 aromatic rings. The number of benzene rings is 1. The zero-order chi connectivity index (χ0) is 17.8. The number of hydrogen-bond donors (Lipinski definition) is 0. The first-order valence-corrected chi connectivity index (χ1v) is 9.06. The van der Waals surface area contributed by atoms with Crippen LogP contribution in [0.3, 0.4) is 0 Å². The maximum atomic E-state index is 13.0. The van der Waals surface area contributed by atoms with Gasteiger partial charge in [-0.05, 0) is 31.2 Å². The van der Waals surface area contributed by atoms with Crippen LogP contribution in [0, 0.1) is 5.82 Å². The third-order valence-electron chi connectivity index (χ3n) is 3.81. The molecule has 9 heteroatoms. The fraction of sp³-hybridized carbons (Fsp3) is 0.438. The van der Waals surface area contributed by atoms with Crippen molar-refractivity contribution in [1.29, 1.82) is 0 Å². The van der Waals surface area contributed by atoms with Gasteiger partial charge in [0, 0.05) is 23.6 Å². The zero-order valence-electron chi connectivity index (χ0n) is 13.7. The molecule has 0 spiro atoms. The lowest BCUT2D eigenvalue weighted by Gasteiger charge is -2.32. The minimum absolute atomic E-state index is 0.115. The number of carbonyl (C=O) groups excluding carboxylic acids is 1. The van der Waals surface area contributed by atoms with Gasteiger partial charge < -0.3 is 9.15 Å². The highest BCUT2D eigenvalue weighted by molar-refractivity contribution is 7.99. The molecule has 3 rings (SSSR count). The van der Waals surface area contributed by atoms with E-state index in [1.807, 2.05) is 4.90 Å². The summed E-state index contributed by atoms with van der Waals surface area (Å²) in [4.78, 5) is 26.0. The van der Waals surface area contributed by atoms with Gasteiger partial charge in [-0.2, -0.15) is 16.4 Å². The van der Waals surface area contributed by atoms with E-state index in [9.17, 15) is 14.0 Å². The van der Waals surface area contributed by atoms with Crippen LogP contribution in [0.4, 0.5) is 4.39 Å². The molecule has 1 aromatic carbocycles.